The first-order valence-electron chi connectivity index (χ1n) is 9.07. The second-order valence-electron chi connectivity index (χ2n) is 6.70. The number of nitriles is 1. The van der Waals surface area contributed by atoms with E-state index in [1.165, 1.54) is 12.1 Å². The summed E-state index contributed by atoms with van der Waals surface area (Å²) in [5, 5.41) is 12.1. The van der Waals surface area contributed by atoms with Crippen molar-refractivity contribution >= 4 is 27.9 Å². The number of carbonyl (C=O) groups is 1. The predicted molar refractivity (Wildman–Crippen MR) is 116 cm³/mol. The van der Waals surface area contributed by atoms with Crippen LogP contribution in [0.15, 0.2) is 59.1 Å². The number of rotatable bonds is 8. The van der Waals surface area contributed by atoms with Crippen LogP contribution >= 0.6 is 15.9 Å². The number of hydrogen-bond acceptors (Lipinski definition) is 3. The molecule has 0 aliphatic heterocycles. The van der Waals surface area contributed by atoms with Crippen LogP contribution in [-0.4, -0.2) is 11.9 Å². The van der Waals surface area contributed by atoms with Gasteiger partial charge in [0.1, 0.15) is 29.8 Å². The molecule has 0 radical (unpaired) electrons. The number of carbonyl (C=O) groups excluding carboxylic acids is 1. The Morgan fingerprint density at radius 1 is 1.34 bits per heavy atom. The highest BCUT2D eigenvalue weighted by Crippen LogP contribution is 2.33. The van der Waals surface area contributed by atoms with Crippen molar-refractivity contribution in [1.29, 1.82) is 5.26 Å². The van der Waals surface area contributed by atoms with Gasteiger partial charge in [-0.25, -0.2) is 4.39 Å². The molecule has 2 rings (SSSR count). The molecule has 0 fully saturated rings. The maximum Gasteiger partial charge on any atom is 0.262 e. The van der Waals surface area contributed by atoms with Crippen molar-refractivity contribution in [2.75, 3.05) is 0 Å². The van der Waals surface area contributed by atoms with Gasteiger partial charge in [0, 0.05) is 6.04 Å². The highest BCUT2D eigenvalue weighted by molar-refractivity contribution is 9.10. The molecule has 0 saturated heterocycles. The van der Waals surface area contributed by atoms with Gasteiger partial charge >= 0.3 is 0 Å². The summed E-state index contributed by atoms with van der Waals surface area (Å²) in [4.78, 5) is 12.2. The normalized spacial score (nSPS) is 11.1. The topological polar surface area (TPSA) is 62.1 Å². The molecule has 2 aromatic carbocycles. The summed E-state index contributed by atoms with van der Waals surface area (Å²) < 4.78 is 19.7. The van der Waals surface area contributed by atoms with Crippen molar-refractivity contribution in [3.63, 3.8) is 0 Å². The van der Waals surface area contributed by atoms with Gasteiger partial charge in [0.15, 0.2) is 0 Å². The van der Waals surface area contributed by atoms with Crippen LogP contribution in [-0.2, 0) is 17.8 Å². The van der Waals surface area contributed by atoms with E-state index in [-0.39, 0.29) is 24.0 Å². The lowest BCUT2D eigenvalue weighted by atomic mass is 10.0. The van der Waals surface area contributed by atoms with Crippen molar-refractivity contribution in [1.82, 2.24) is 5.32 Å². The molecule has 0 atom stereocenters. The van der Waals surface area contributed by atoms with Crippen LogP contribution in [0.5, 0.6) is 5.75 Å². The molecule has 29 heavy (non-hydrogen) atoms. The number of halogens is 2. The average molecular weight is 457 g/mol. The second-order valence-corrected chi connectivity index (χ2v) is 7.55. The number of nitrogens with zero attached hydrogens (tertiary/aromatic N) is 1. The fraction of sp³-hybridized carbons (Fsp3) is 0.217. The number of nitrogens with one attached hydrogen (secondary N) is 1. The molecular formula is C23H22BrFN2O2. The van der Waals surface area contributed by atoms with Gasteiger partial charge in [-0.2, -0.15) is 5.26 Å². The van der Waals surface area contributed by atoms with E-state index in [2.05, 4.69) is 27.8 Å². The van der Waals surface area contributed by atoms with Crippen LogP contribution in [0.4, 0.5) is 4.39 Å². The predicted octanol–water partition coefficient (Wildman–Crippen LogP) is 5.33. The number of ether oxygens (including phenoxy) is 1. The highest BCUT2D eigenvalue weighted by atomic mass is 79.9. The molecule has 0 heterocycles. The van der Waals surface area contributed by atoms with Crippen LogP contribution < -0.4 is 10.1 Å². The summed E-state index contributed by atoms with van der Waals surface area (Å²) in [5.41, 5.74) is 2.40. The van der Waals surface area contributed by atoms with Crippen molar-refractivity contribution in [3.05, 3.63) is 81.6 Å². The van der Waals surface area contributed by atoms with Crippen molar-refractivity contribution in [3.8, 4) is 11.8 Å². The Morgan fingerprint density at radius 3 is 2.62 bits per heavy atom. The Hall–Kier alpha value is -2.91. The second kappa shape index (κ2) is 10.6. The van der Waals surface area contributed by atoms with Crippen molar-refractivity contribution in [2.45, 2.75) is 32.9 Å². The Bertz CT molecular complexity index is 960. The summed E-state index contributed by atoms with van der Waals surface area (Å²) >= 11 is 3.51. The first-order valence-corrected chi connectivity index (χ1v) is 9.86. The smallest absolute Gasteiger partial charge is 0.262 e. The summed E-state index contributed by atoms with van der Waals surface area (Å²) in [7, 11) is 0. The van der Waals surface area contributed by atoms with Crippen LogP contribution in [0, 0.1) is 17.1 Å². The third-order valence-corrected chi connectivity index (χ3v) is 4.49. The Balaban J connectivity index is 2.32. The fourth-order valence-corrected chi connectivity index (χ4v) is 3.25. The van der Waals surface area contributed by atoms with Gasteiger partial charge in [-0.05, 0) is 83.2 Å². The van der Waals surface area contributed by atoms with Gasteiger partial charge in [-0.15, -0.1) is 6.58 Å². The minimum Gasteiger partial charge on any atom is -0.487 e. The van der Waals surface area contributed by atoms with E-state index in [0.717, 1.165) is 11.1 Å². The first kappa shape index (κ1) is 22.4. The SMILES string of the molecule is C=CCc1cc(/C=C(/C#N)C(=O)NC(C)C)cc(Br)c1OCc1ccc(F)cc1. The molecule has 0 spiro atoms. The monoisotopic (exact) mass is 456 g/mol. The van der Waals surface area contributed by atoms with E-state index >= 15 is 0 Å². The summed E-state index contributed by atoms with van der Waals surface area (Å²) in [5.74, 6) is -0.0785. The molecule has 0 saturated carbocycles. The maximum atomic E-state index is 13.1. The zero-order valence-electron chi connectivity index (χ0n) is 16.3. The lowest BCUT2D eigenvalue weighted by Gasteiger charge is -2.14. The molecule has 150 valence electrons. The van der Waals surface area contributed by atoms with Crippen molar-refractivity contribution in [2.24, 2.45) is 0 Å². The van der Waals surface area contributed by atoms with E-state index in [4.69, 9.17) is 4.74 Å². The van der Waals surface area contributed by atoms with Crippen molar-refractivity contribution < 1.29 is 13.9 Å². The zero-order chi connectivity index (χ0) is 21.4. The largest absolute Gasteiger partial charge is 0.487 e. The number of allylic oxidation sites excluding steroid dienone is 1. The molecule has 1 amide bonds. The van der Waals surface area contributed by atoms with Gasteiger partial charge in [0.25, 0.3) is 5.91 Å². The lowest BCUT2D eigenvalue weighted by Crippen LogP contribution is -2.30. The van der Waals surface area contributed by atoms with Crippen LogP contribution in [0.1, 0.15) is 30.5 Å². The van der Waals surface area contributed by atoms with Gasteiger partial charge < -0.3 is 10.1 Å². The molecule has 1 N–H and O–H groups in total. The molecule has 0 aliphatic rings. The number of hydrogen-bond donors (Lipinski definition) is 1. The average Bonchev–Trinajstić information content (AvgIpc) is 2.66. The molecule has 4 nitrogen and oxygen atoms in total. The maximum absolute atomic E-state index is 13.1. The summed E-state index contributed by atoms with van der Waals surface area (Å²) in [6.07, 6.45) is 3.83. The van der Waals surface area contributed by atoms with Gasteiger partial charge in [-0.1, -0.05) is 18.2 Å². The van der Waals surface area contributed by atoms with Crippen LogP contribution in [0.25, 0.3) is 6.08 Å². The quantitative estimate of drug-likeness (QED) is 0.331. The standard InChI is InChI=1S/C23H22BrFN2O2/c1-4-5-18-10-17(11-19(13-26)23(28)27-15(2)3)12-21(24)22(18)29-14-16-6-8-20(25)9-7-16/h4,6-12,15H,1,5,14H2,2-3H3,(H,27,28)/b19-11-. The van der Waals surface area contributed by atoms with E-state index in [1.807, 2.05) is 26.0 Å². The molecule has 0 aliphatic carbocycles. The minimum absolute atomic E-state index is 0.0233. The molecule has 0 aromatic heterocycles. The van der Waals surface area contributed by atoms with Gasteiger partial charge in [-0.3, -0.25) is 4.79 Å². The lowest BCUT2D eigenvalue weighted by molar-refractivity contribution is -0.117. The highest BCUT2D eigenvalue weighted by Gasteiger charge is 2.13. The van der Waals surface area contributed by atoms with Crippen LogP contribution in [0.3, 0.4) is 0 Å². The van der Waals surface area contributed by atoms with E-state index < -0.39 is 5.91 Å². The summed E-state index contributed by atoms with van der Waals surface area (Å²) in [6.45, 7) is 7.72. The number of benzene rings is 2. The molecule has 2 aromatic rings. The minimum atomic E-state index is -0.416. The van der Waals surface area contributed by atoms with E-state index in [0.29, 0.717) is 22.2 Å². The molecule has 0 bridgehead atoms. The van der Waals surface area contributed by atoms with Gasteiger partial charge in [0.2, 0.25) is 0 Å². The Morgan fingerprint density at radius 2 is 2.03 bits per heavy atom. The molecule has 0 unspecified atom stereocenters. The Kier molecular flexibility index (Phi) is 8.17. The molecule has 6 heteroatoms. The van der Waals surface area contributed by atoms with E-state index in [9.17, 15) is 14.4 Å². The fourth-order valence-electron chi connectivity index (χ4n) is 2.62. The van der Waals surface area contributed by atoms with Gasteiger partial charge in [0.05, 0.1) is 4.47 Å². The number of amides is 1. The summed E-state index contributed by atoms with van der Waals surface area (Å²) in [6, 6.07) is 11.6. The third kappa shape index (κ3) is 6.58. The van der Waals surface area contributed by atoms with Crippen LogP contribution in [0.2, 0.25) is 0 Å². The first-order chi connectivity index (χ1) is 13.8. The zero-order valence-corrected chi connectivity index (χ0v) is 17.9. The molecular weight excluding hydrogens is 435 g/mol. The Labute approximate surface area is 178 Å². The third-order valence-electron chi connectivity index (χ3n) is 3.90. The van der Waals surface area contributed by atoms with E-state index in [1.54, 1.807) is 30.4 Å².